The predicted molar refractivity (Wildman–Crippen MR) is 437 cm³/mol. The molecule has 1 saturated heterocycles. The van der Waals surface area contributed by atoms with Crippen LogP contribution in [0, 0.1) is 74.9 Å². The summed E-state index contributed by atoms with van der Waals surface area (Å²) < 4.78 is 33.2. The van der Waals surface area contributed by atoms with Gasteiger partial charge in [-0.3, -0.25) is 51.0 Å². The second-order valence-electron chi connectivity index (χ2n) is 22.9. The molecule has 0 saturated carbocycles. The van der Waals surface area contributed by atoms with E-state index in [0.717, 1.165) is 30.8 Å². The third-order valence-corrected chi connectivity index (χ3v) is 11.0. The van der Waals surface area contributed by atoms with Gasteiger partial charge in [-0.05, 0) is 201 Å². The van der Waals surface area contributed by atoms with Gasteiger partial charge in [-0.2, -0.15) is 25.5 Å². The van der Waals surface area contributed by atoms with E-state index in [2.05, 4.69) is 148 Å². The number of aromatic amines is 3. The van der Waals surface area contributed by atoms with Crippen LogP contribution >= 0.6 is 81.4 Å². The fourth-order valence-electron chi connectivity index (χ4n) is 5.39. The molecule has 108 heavy (non-hydrogen) atoms. The first-order valence-electron chi connectivity index (χ1n) is 30.8. The number of nitrogens with one attached hydrogen (secondary N) is 5. The molecule has 8 aromatic heterocycles. The molecular weight excluding hydrogens is 1620 g/mol. The first-order chi connectivity index (χ1) is 49.7. The van der Waals surface area contributed by atoms with Crippen molar-refractivity contribution in [3.05, 3.63) is 145 Å². The first kappa shape index (κ1) is 109. The predicted octanol–water partition coefficient (Wildman–Crippen LogP) is 17.1. The topological polar surface area (TPSA) is 423 Å². The summed E-state index contributed by atoms with van der Waals surface area (Å²) in [6, 6.07) is 11.2. The van der Waals surface area contributed by atoms with E-state index in [1.807, 2.05) is 50.4 Å². The number of nitrogen functional groups attached to an aromatic ring is 2. The number of amides is 2. The van der Waals surface area contributed by atoms with E-state index < -0.39 is 51.8 Å². The lowest BCUT2D eigenvalue weighted by Crippen LogP contribution is -2.29. The third-order valence-electron chi connectivity index (χ3n) is 9.21. The Morgan fingerprint density at radius 2 is 1.06 bits per heavy atom. The molecule has 0 unspecified atom stereocenters. The highest BCUT2D eigenvalue weighted by Crippen LogP contribution is 2.24. The van der Waals surface area contributed by atoms with Crippen LogP contribution in [0.1, 0.15) is 138 Å². The minimum absolute atomic E-state index is 0. The van der Waals surface area contributed by atoms with Gasteiger partial charge >= 0.3 is 30.2 Å². The highest BCUT2D eigenvalue weighted by molar-refractivity contribution is 14.1. The van der Waals surface area contributed by atoms with Crippen molar-refractivity contribution in [2.45, 2.75) is 160 Å². The Kier molecular flexibility index (Phi) is 63.2. The zero-order chi connectivity index (χ0) is 81.9. The number of halogens is 6. The number of aliphatic hydroxyl groups excluding tert-OH is 1. The summed E-state index contributed by atoms with van der Waals surface area (Å²) in [6.07, 6.45) is 35.4. The zero-order valence-electron chi connectivity index (χ0n) is 62.5. The smallest absolute Gasteiger partial charge is 0.444 e. The number of nitro groups is 1. The van der Waals surface area contributed by atoms with Crippen LogP contribution in [0.2, 0.25) is 20.6 Å². The Labute approximate surface area is 672 Å². The molecule has 31 nitrogen and oxygen atoms in total. The molecular formula is C71H98Cl5IN18O13. The monoisotopic (exact) mass is 1710 g/mol. The summed E-state index contributed by atoms with van der Waals surface area (Å²) in [5.41, 5.74) is 11.6. The maximum atomic E-state index is 11.7. The molecule has 10 N–H and O–H groups in total. The van der Waals surface area contributed by atoms with Gasteiger partial charge in [0.05, 0.1) is 71.1 Å². The van der Waals surface area contributed by atoms with Crippen molar-refractivity contribution >= 4 is 134 Å². The third kappa shape index (κ3) is 63.0. The molecule has 8 aromatic rings. The summed E-state index contributed by atoms with van der Waals surface area (Å²) in [5, 5.41) is 49.5. The number of hydrogen-bond donors (Lipinski definition) is 8. The van der Waals surface area contributed by atoms with E-state index in [-0.39, 0.29) is 42.4 Å². The second kappa shape index (κ2) is 62.8. The van der Waals surface area contributed by atoms with Gasteiger partial charge in [-0.1, -0.05) is 59.8 Å². The van der Waals surface area contributed by atoms with Crippen LogP contribution in [-0.2, 0) is 28.4 Å². The quantitative estimate of drug-likeness (QED) is 0.0151. The summed E-state index contributed by atoms with van der Waals surface area (Å²) in [6.45, 7) is 31.6. The molecule has 2 amide bonds. The highest BCUT2D eigenvalue weighted by Gasteiger charge is 2.25. The number of H-pyrrole nitrogens is 3. The molecule has 0 spiro atoms. The van der Waals surface area contributed by atoms with Crippen molar-refractivity contribution in [1.29, 1.82) is 0 Å². The molecule has 0 atom stereocenters. The SMILES string of the molecule is C.C#C.C#CC.C#CC#CC.C1CCOC1.CC#CC.CC(C)(C)OC(=O)Nc1cn(-c2cccnc2)nc1Cl.CC(C)(C)OC(=O)Nc1cn[nH]c1Cl.CC(C)(C)OC(=O)OC(=O)OC(C)(C)C.CCO.Cl.Ic1cccnc1.Nc1cn(-c2cccnc2)nc1Cl.Nc1cn[nH]c1Cl.O=[N+]([O-])c1cn[nH]c1. The van der Waals surface area contributed by atoms with Crippen LogP contribution in [0.25, 0.3) is 11.4 Å². The first-order valence-corrected chi connectivity index (χ1v) is 33.4. The minimum atomic E-state index is -1.06. The average molecular weight is 1720 g/mol. The van der Waals surface area contributed by atoms with Gasteiger partial charge in [-0.25, -0.2) is 28.5 Å². The highest BCUT2D eigenvalue weighted by atomic mass is 127. The lowest BCUT2D eigenvalue weighted by atomic mass is 10.2. The Morgan fingerprint density at radius 3 is 1.31 bits per heavy atom. The van der Waals surface area contributed by atoms with E-state index in [1.54, 1.807) is 158 Å². The molecule has 1 fully saturated rings. The normalized spacial score (nSPS) is 9.88. The Balaban J connectivity index is -0.000000272. The van der Waals surface area contributed by atoms with Crippen LogP contribution in [0.3, 0.4) is 0 Å². The number of terminal acetylenes is 3. The van der Waals surface area contributed by atoms with Crippen molar-refractivity contribution < 1.29 is 57.6 Å². The maximum Gasteiger partial charge on any atom is 0.519 e. The van der Waals surface area contributed by atoms with Gasteiger partial charge in [0.1, 0.15) is 50.3 Å². The van der Waals surface area contributed by atoms with Gasteiger partial charge in [0.15, 0.2) is 10.3 Å². The lowest BCUT2D eigenvalue weighted by Gasteiger charge is -2.20. The van der Waals surface area contributed by atoms with Crippen molar-refractivity contribution in [2.24, 2.45) is 0 Å². The number of carbonyl (C=O) groups is 4. The Bertz CT molecular complexity index is 3870. The van der Waals surface area contributed by atoms with Crippen LogP contribution < -0.4 is 22.1 Å². The van der Waals surface area contributed by atoms with Crippen molar-refractivity contribution in [3.63, 3.8) is 0 Å². The number of aromatic nitrogens is 13. The second-order valence-corrected chi connectivity index (χ2v) is 25.6. The van der Waals surface area contributed by atoms with Crippen molar-refractivity contribution in [1.82, 2.24) is 65.1 Å². The molecule has 0 aromatic carbocycles. The van der Waals surface area contributed by atoms with Crippen molar-refractivity contribution in [2.75, 3.05) is 41.9 Å². The van der Waals surface area contributed by atoms with E-state index in [9.17, 15) is 29.3 Å². The summed E-state index contributed by atoms with van der Waals surface area (Å²) in [4.78, 5) is 66.1. The summed E-state index contributed by atoms with van der Waals surface area (Å²) >= 11 is 25.0. The number of hydrogen-bond acceptors (Lipinski definition) is 23. The van der Waals surface area contributed by atoms with E-state index in [0.29, 0.717) is 33.1 Å². The van der Waals surface area contributed by atoms with E-state index >= 15 is 0 Å². The Morgan fingerprint density at radius 1 is 0.648 bits per heavy atom. The molecule has 0 bridgehead atoms. The number of pyridine rings is 3. The minimum Gasteiger partial charge on any atom is -0.444 e. The number of nitrogens with zero attached hydrogens (tertiary/aromatic N) is 11. The molecule has 0 radical (unpaired) electrons. The van der Waals surface area contributed by atoms with Gasteiger partial charge in [0.2, 0.25) is 0 Å². The number of carbonyl (C=O) groups excluding carboxylic acids is 4. The average Bonchev–Trinajstić information content (AvgIpc) is 1.70. The van der Waals surface area contributed by atoms with E-state index in [4.69, 9.17) is 93.1 Å². The van der Waals surface area contributed by atoms with Crippen LogP contribution in [0.15, 0.2) is 111 Å². The molecule has 592 valence electrons. The number of aliphatic hydroxyl groups is 1. The van der Waals surface area contributed by atoms with Crippen LogP contribution in [-0.4, -0.2) is 142 Å². The summed E-state index contributed by atoms with van der Waals surface area (Å²) in [5.74, 6) is 14.7. The standard InChI is InChI=1S/C13H15ClN4O2.C10H18O5.C8H7ClN4.C8H12ClN3O2.C5H4IN.C5H4.C4H8O.C4H6.C3H4ClN3.C3H3N3O2.C3H4.C2H6O.C2H2.CH4.ClH/c1-13(2,3)20-12(19)16-10-8-18(17-11(10)14)9-5-4-6-15-7-9;1-9(2,3)14-7(11)13-8(12)15-10(4,5)6;9-8-7(10)5-13(12-8)6-2-1-3-11-4-6;1-8(2,3)14-7(13)11-5-4-10-12-6(5)9;6-5-2-1-3-7-4-5;1-3-5-4-2;1-2-4-5-3-1;1-3-4-2;4-3-2(5)1-6-7-3;7-6(8)3-1-4-5-2-3;1-3-2;1-2-3;1-2;;/h4-8H,1-3H3,(H,16,19);1-6H3;1-5H,10H2;4H,1-3H3,(H,10,12)(H,11,13);1-4H;1H,2H3;1-4H2;1-2H3;1H,5H2,(H,6,7);1-2H,(H,4,5);1H,2H3;3H,2H2,1H3;1-2H;1H4;1H. The van der Waals surface area contributed by atoms with Gasteiger partial charge in [0, 0.05) is 48.2 Å². The van der Waals surface area contributed by atoms with Crippen LogP contribution in [0.4, 0.5) is 47.6 Å². The summed E-state index contributed by atoms with van der Waals surface area (Å²) in [7, 11) is 0. The molecule has 1 aliphatic rings. The van der Waals surface area contributed by atoms with Crippen molar-refractivity contribution in [3.8, 4) is 72.6 Å². The fraction of sp³-hybridized carbons (Fsp3) is 0.380. The Hall–Kier alpha value is -10.3. The van der Waals surface area contributed by atoms with Crippen LogP contribution in [0.5, 0.6) is 0 Å². The zero-order valence-corrected chi connectivity index (χ0v) is 68.5. The van der Waals surface area contributed by atoms with Gasteiger partial charge < -0.3 is 45.0 Å². The van der Waals surface area contributed by atoms with Gasteiger partial charge in [-0.15, -0.1) is 55.9 Å². The van der Waals surface area contributed by atoms with E-state index in [1.165, 1.54) is 39.7 Å². The number of ether oxygens (including phenoxy) is 6. The number of anilines is 4. The molecule has 0 aliphatic carbocycles. The molecule has 9 rings (SSSR count). The number of rotatable bonds is 5. The molecule has 1 aliphatic heterocycles. The maximum absolute atomic E-state index is 11.7. The number of nitrogens with two attached hydrogens (primary N) is 2. The molecule has 37 heteroatoms. The lowest BCUT2D eigenvalue weighted by molar-refractivity contribution is -0.384. The fourth-order valence-corrected chi connectivity index (χ4v) is 6.31. The molecule has 9 heterocycles. The largest absolute Gasteiger partial charge is 0.519 e. The van der Waals surface area contributed by atoms with Gasteiger partial charge in [0.25, 0.3) is 0 Å².